The van der Waals surface area contributed by atoms with E-state index in [4.69, 9.17) is 0 Å². The van der Waals surface area contributed by atoms with Crippen molar-refractivity contribution < 1.29 is 9.90 Å². The van der Waals surface area contributed by atoms with Gasteiger partial charge in [0.05, 0.1) is 0 Å². The van der Waals surface area contributed by atoms with Gasteiger partial charge in [-0.2, -0.15) is 0 Å². The van der Waals surface area contributed by atoms with Gasteiger partial charge in [-0.25, -0.2) is 4.79 Å². The molecule has 2 atom stereocenters. The number of piperidine rings is 1. The van der Waals surface area contributed by atoms with E-state index in [1.165, 1.54) is 5.56 Å². The van der Waals surface area contributed by atoms with Crippen molar-refractivity contribution in [3.8, 4) is 0 Å². The van der Waals surface area contributed by atoms with Crippen molar-refractivity contribution in [2.45, 2.75) is 64.1 Å². The number of hydrogen-bond donors (Lipinski definition) is 3. The molecule has 0 bridgehead atoms. The predicted octanol–water partition coefficient (Wildman–Crippen LogP) is 3.06. The molecule has 3 N–H and O–H groups in total. The van der Waals surface area contributed by atoms with Crippen molar-refractivity contribution >= 4 is 6.03 Å². The molecule has 0 aromatic heterocycles. The molecule has 1 fully saturated rings. The van der Waals surface area contributed by atoms with E-state index < -0.39 is 0 Å². The van der Waals surface area contributed by atoms with Crippen molar-refractivity contribution in [1.82, 2.24) is 15.5 Å². The summed E-state index contributed by atoms with van der Waals surface area (Å²) in [6.07, 6.45) is 3.83. The lowest BCUT2D eigenvalue weighted by Crippen LogP contribution is -2.55. The van der Waals surface area contributed by atoms with Crippen LogP contribution in [-0.4, -0.2) is 47.3 Å². The minimum Gasteiger partial charge on any atom is -0.396 e. The molecule has 0 spiro atoms. The minimum absolute atomic E-state index is 0.0135. The average Bonchev–Trinajstić information content (AvgIpc) is 2.61. The molecule has 1 aliphatic rings. The number of amides is 2. The van der Waals surface area contributed by atoms with E-state index >= 15 is 0 Å². The standard InChI is InChI=1S/C20H33N3O2/c1-16(17-9-5-4-6-10-17)22-20(2,3)15-21-19(25)23-13-8-7-11-18(23)12-14-24/h4-6,9-10,16,18,22,24H,7-8,11-15H2,1-3H3,(H,21,25). The number of hydrogen-bond acceptors (Lipinski definition) is 3. The van der Waals surface area contributed by atoms with Gasteiger partial charge in [-0.3, -0.25) is 0 Å². The zero-order valence-corrected chi connectivity index (χ0v) is 15.8. The Balaban J connectivity index is 1.86. The number of urea groups is 1. The van der Waals surface area contributed by atoms with Gasteiger partial charge in [0.1, 0.15) is 0 Å². The summed E-state index contributed by atoms with van der Waals surface area (Å²) in [6.45, 7) is 7.83. The highest BCUT2D eigenvalue weighted by atomic mass is 16.3. The van der Waals surface area contributed by atoms with E-state index in [0.29, 0.717) is 13.0 Å². The minimum atomic E-state index is -0.215. The maximum absolute atomic E-state index is 12.6. The first-order valence-corrected chi connectivity index (χ1v) is 9.41. The zero-order valence-electron chi connectivity index (χ0n) is 15.8. The van der Waals surface area contributed by atoms with Crippen LogP contribution >= 0.6 is 0 Å². The molecule has 1 heterocycles. The SMILES string of the molecule is CC(NC(C)(C)CNC(=O)N1CCCCC1CCO)c1ccccc1. The Kier molecular flexibility index (Phi) is 7.26. The number of aliphatic hydroxyl groups is 1. The quantitative estimate of drug-likeness (QED) is 0.710. The summed E-state index contributed by atoms with van der Waals surface area (Å²) in [7, 11) is 0. The van der Waals surface area contributed by atoms with Crippen LogP contribution in [0.3, 0.4) is 0 Å². The Morgan fingerprint density at radius 2 is 2.04 bits per heavy atom. The monoisotopic (exact) mass is 347 g/mol. The van der Waals surface area contributed by atoms with Gasteiger partial charge in [0, 0.05) is 37.3 Å². The number of carbonyl (C=O) groups is 1. The van der Waals surface area contributed by atoms with Crippen LogP contribution < -0.4 is 10.6 Å². The number of benzene rings is 1. The first-order valence-electron chi connectivity index (χ1n) is 9.41. The molecule has 1 saturated heterocycles. The van der Waals surface area contributed by atoms with Crippen LogP contribution in [0.5, 0.6) is 0 Å². The molecule has 140 valence electrons. The van der Waals surface area contributed by atoms with Crippen LogP contribution in [0, 0.1) is 0 Å². The molecule has 25 heavy (non-hydrogen) atoms. The second-order valence-electron chi connectivity index (χ2n) is 7.67. The fraction of sp³-hybridized carbons (Fsp3) is 0.650. The number of likely N-dealkylation sites (tertiary alicyclic amines) is 1. The molecule has 1 aromatic rings. The lowest BCUT2D eigenvalue weighted by molar-refractivity contribution is 0.130. The highest BCUT2D eigenvalue weighted by Crippen LogP contribution is 2.20. The maximum atomic E-state index is 12.6. The van der Waals surface area contributed by atoms with Crippen molar-refractivity contribution in [2.75, 3.05) is 19.7 Å². The Labute approximate surface area is 151 Å². The number of carbonyl (C=O) groups excluding carboxylic acids is 1. The fourth-order valence-electron chi connectivity index (χ4n) is 3.58. The van der Waals surface area contributed by atoms with Gasteiger partial charge < -0.3 is 20.6 Å². The first-order chi connectivity index (χ1) is 11.9. The summed E-state index contributed by atoms with van der Waals surface area (Å²) in [5.74, 6) is 0. The van der Waals surface area contributed by atoms with Crippen molar-refractivity contribution in [3.63, 3.8) is 0 Å². The number of rotatable bonds is 7. The van der Waals surface area contributed by atoms with Crippen LogP contribution in [0.4, 0.5) is 4.79 Å². The molecule has 0 aliphatic carbocycles. The molecule has 1 aromatic carbocycles. The topological polar surface area (TPSA) is 64.6 Å². The van der Waals surface area contributed by atoms with Crippen LogP contribution in [0.1, 0.15) is 58.1 Å². The van der Waals surface area contributed by atoms with Gasteiger partial charge in [-0.15, -0.1) is 0 Å². The average molecular weight is 348 g/mol. The zero-order chi connectivity index (χ0) is 18.3. The van der Waals surface area contributed by atoms with Gasteiger partial charge in [0.15, 0.2) is 0 Å². The summed E-state index contributed by atoms with van der Waals surface area (Å²) >= 11 is 0. The molecule has 0 saturated carbocycles. The highest BCUT2D eigenvalue weighted by Gasteiger charge is 2.28. The van der Waals surface area contributed by atoms with E-state index in [9.17, 15) is 9.90 Å². The summed E-state index contributed by atoms with van der Waals surface area (Å²) in [4.78, 5) is 14.5. The molecular formula is C20H33N3O2. The predicted molar refractivity (Wildman–Crippen MR) is 102 cm³/mol. The van der Waals surface area contributed by atoms with Crippen LogP contribution in [0.2, 0.25) is 0 Å². The lowest BCUT2D eigenvalue weighted by Gasteiger charge is -2.37. The molecular weight excluding hydrogens is 314 g/mol. The maximum Gasteiger partial charge on any atom is 0.317 e. The second kappa shape index (κ2) is 9.20. The normalized spacial score (nSPS) is 19.5. The van der Waals surface area contributed by atoms with Gasteiger partial charge in [0.2, 0.25) is 0 Å². The summed E-state index contributed by atoms with van der Waals surface area (Å²) in [6, 6.07) is 10.7. The van der Waals surface area contributed by atoms with Gasteiger partial charge in [0.25, 0.3) is 0 Å². The van der Waals surface area contributed by atoms with Gasteiger partial charge >= 0.3 is 6.03 Å². The Bertz CT molecular complexity index is 531. The van der Waals surface area contributed by atoms with Crippen molar-refractivity contribution in [2.24, 2.45) is 0 Å². The van der Waals surface area contributed by atoms with Gasteiger partial charge in [-0.05, 0) is 52.0 Å². The Morgan fingerprint density at radius 1 is 1.32 bits per heavy atom. The highest BCUT2D eigenvalue weighted by molar-refractivity contribution is 5.74. The molecule has 2 rings (SSSR count). The van der Waals surface area contributed by atoms with E-state index in [2.05, 4.69) is 43.5 Å². The molecule has 5 nitrogen and oxygen atoms in total. The molecule has 5 heteroatoms. The molecule has 1 aliphatic heterocycles. The van der Waals surface area contributed by atoms with Crippen LogP contribution in [-0.2, 0) is 0 Å². The Morgan fingerprint density at radius 3 is 2.72 bits per heavy atom. The van der Waals surface area contributed by atoms with Gasteiger partial charge in [-0.1, -0.05) is 30.3 Å². The first kappa shape index (κ1) is 19.7. The smallest absolute Gasteiger partial charge is 0.317 e. The molecule has 2 unspecified atom stereocenters. The third-order valence-corrected chi connectivity index (χ3v) is 4.94. The van der Waals surface area contributed by atoms with E-state index in [1.54, 1.807) is 0 Å². The molecule has 2 amide bonds. The summed E-state index contributed by atoms with van der Waals surface area (Å²) in [5, 5.41) is 15.9. The summed E-state index contributed by atoms with van der Waals surface area (Å²) < 4.78 is 0. The third-order valence-electron chi connectivity index (χ3n) is 4.94. The number of aliphatic hydroxyl groups excluding tert-OH is 1. The van der Waals surface area contributed by atoms with Crippen molar-refractivity contribution in [3.05, 3.63) is 35.9 Å². The van der Waals surface area contributed by atoms with Crippen LogP contribution in [0.15, 0.2) is 30.3 Å². The van der Waals surface area contributed by atoms with E-state index in [-0.39, 0.29) is 30.3 Å². The Hall–Kier alpha value is -1.59. The van der Waals surface area contributed by atoms with Crippen LogP contribution in [0.25, 0.3) is 0 Å². The largest absolute Gasteiger partial charge is 0.396 e. The summed E-state index contributed by atoms with van der Waals surface area (Å²) in [5.41, 5.74) is 1.02. The third kappa shape index (κ3) is 6.01. The van der Waals surface area contributed by atoms with E-state index in [1.807, 2.05) is 23.1 Å². The number of nitrogens with zero attached hydrogens (tertiary/aromatic N) is 1. The molecule has 0 radical (unpaired) electrons. The van der Waals surface area contributed by atoms with E-state index in [0.717, 1.165) is 25.8 Å². The number of nitrogens with one attached hydrogen (secondary N) is 2. The fourth-order valence-corrected chi connectivity index (χ4v) is 3.58. The lowest BCUT2D eigenvalue weighted by atomic mass is 9.99. The van der Waals surface area contributed by atoms with Crippen molar-refractivity contribution in [1.29, 1.82) is 0 Å². The second-order valence-corrected chi connectivity index (χ2v) is 7.67.